The molecule has 1 heterocycles. The van der Waals surface area contributed by atoms with Gasteiger partial charge in [0.2, 0.25) is 5.91 Å². The quantitative estimate of drug-likeness (QED) is 0.128. The van der Waals surface area contributed by atoms with E-state index in [1.165, 1.54) is 17.3 Å². The van der Waals surface area contributed by atoms with Crippen molar-refractivity contribution in [1.82, 2.24) is 4.57 Å². The van der Waals surface area contributed by atoms with Gasteiger partial charge in [0.15, 0.2) is 0 Å². The van der Waals surface area contributed by atoms with E-state index >= 15 is 0 Å². The summed E-state index contributed by atoms with van der Waals surface area (Å²) in [5, 5.41) is 12.2. The minimum absolute atomic E-state index is 0.0177. The highest BCUT2D eigenvalue weighted by molar-refractivity contribution is 8.00. The number of benzene rings is 3. The highest BCUT2D eigenvalue weighted by Crippen LogP contribution is 2.42. The molecule has 0 aliphatic heterocycles. The summed E-state index contributed by atoms with van der Waals surface area (Å²) < 4.78 is 1.87. The van der Waals surface area contributed by atoms with E-state index in [0.717, 1.165) is 47.2 Å². The number of hydrogen-bond acceptors (Lipinski definition) is 4. The monoisotopic (exact) mass is 620 g/mol. The molecule has 0 spiro atoms. The number of nitrogens with one attached hydrogen (secondary N) is 1. The summed E-state index contributed by atoms with van der Waals surface area (Å²) in [6.45, 7) is 0. The van der Waals surface area contributed by atoms with E-state index in [-0.39, 0.29) is 31.8 Å². The number of fused-ring (bicyclic) bond motifs is 3. The average Bonchev–Trinajstić information content (AvgIpc) is 3.27. The van der Waals surface area contributed by atoms with E-state index < -0.39 is 23.0 Å². The predicted molar refractivity (Wildman–Crippen MR) is 158 cm³/mol. The fraction of sp³-hybridized carbons (Fsp3) is 0.179. The number of amides is 1. The fourth-order valence-electron chi connectivity index (χ4n) is 4.86. The van der Waals surface area contributed by atoms with Gasteiger partial charge < -0.3 is 10.4 Å². The molecule has 200 valence electrons. The number of nitrogens with zero attached hydrogens (tertiary/aromatic N) is 1. The van der Waals surface area contributed by atoms with E-state index in [0.29, 0.717) is 5.69 Å². The number of carbonyl (C=O) groups excluding carboxylic acids is 2. The zero-order valence-corrected chi connectivity index (χ0v) is 24.0. The Morgan fingerprint density at radius 1 is 0.846 bits per heavy atom. The summed E-state index contributed by atoms with van der Waals surface area (Å²) in [6, 6.07) is 14.9. The van der Waals surface area contributed by atoms with Crippen molar-refractivity contribution in [1.29, 1.82) is 0 Å². The van der Waals surface area contributed by atoms with Crippen LogP contribution in [0, 0.1) is 0 Å². The Balaban J connectivity index is 1.31. The van der Waals surface area contributed by atoms with Crippen molar-refractivity contribution >= 4 is 92.5 Å². The minimum atomic E-state index is -1.47. The molecule has 39 heavy (non-hydrogen) atoms. The molecular weight excluding hydrogens is 602 g/mol. The van der Waals surface area contributed by atoms with Gasteiger partial charge in [-0.2, -0.15) is 0 Å². The lowest BCUT2D eigenvalue weighted by molar-refractivity contribution is 0.0692. The van der Waals surface area contributed by atoms with Crippen molar-refractivity contribution in [3.05, 3.63) is 91.0 Å². The van der Waals surface area contributed by atoms with Crippen LogP contribution in [0.5, 0.6) is 0 Å². The molecule has 0 saturated carbocycles. The maximum Gasteiger partial charge on any atom is 0.338 e. The van der Waals surface area contributed by atoms with Crippen molar-refractivity contribution in [3.8, 4) is 0 Å². The van der Waals surface area contributed by atoms with Crippen LogP contribution in [0.4, 0.5) is 5.69 Å². The van der Waals surface area contributed by atoms with Gasteiger partial charge in [-0.25, -0.2) is 4.79 Å². The van der Waals surface area contributed by atoms with Crippen molar-refractivity contribution in [2.24, 2.45) is 0 Å². The van der Waals surface area contributed by atoms with Crippen molar-refractivity contribution < 1.29 is 19.5 Å². The molecule has 1 amide bonds. The van der Waals surface area contributed by atoms with Crippen molar-refractivity contribution in [2.75, 3.05) is 11.1 Å². The first-order valence-corrected chi connectivity index (χ1v) is 14.5. The van der Waals surface area contributed by atoms with Gasteiger partial charge in [-0.1, -0.05) is 64.6 Å². The molecule has 1 aliphatic rings. The molecule has 0 bridgehead atoms. The third-order valence-electron chi connectivity index (χ3n) is 6.61. The number of aromatic carboxylic acids is 1. The van der Waals surface area contributed by atoms with Gasteiger partial charge in [0, 0.05) is 21.7 Å². The van der Waals surface area contributed by atoms with E-state index in [4.69, 9.17) is 46.4 Å². The Labute approximate surface area is 248 Å². The molecule has 1 aliphatic carbocycles. The zero-order chi connectivity index (χ0) is 27.8. The lowest BCUT2D eigenvalue weighted by Gasteiger charge is -2.15. The number of carboxylic acid groups (broad SMARTS) is 1. The molecule has 6 nitrogen and oxygen atoms in total. The van der Waals surface area contributed by atoms with E-state index in [1.807, 2.05) is 22.8 Å². The number of para-hydroxylation sites is 1. The molecule has 1 aromatic heterocycles. The SMILES string of the molecule is O=C(O)c1c(Cl)c(Cl)c(Cl)c(Cl)c1C(=O)Nc1ccc(SCC(=O)n2c3c(c4ccccc42)CCCC3)cc1. The van der Waals surface area contributed by atoms with Gasteiger partial charge >= 0.3 is 5.97 Å². The topological polar surface area (TPSA) is 88.4 Å². The van der Waals surface area contributed by atoms with Crippen LogP contribution in [-0.2, 0) is 12.8 Å². The second kappa shape index (κ2) is 11.4. The number of hydrogen-bond donors (Lipinski definition) is 2. The minimum Gasteiger partial charge on any atom is -0.478 e. The Kier molecular flexibility index (Phi) is 8.17. The average molecular weight is 622 g/mol. The third kappa shape index (κ3) is 5.26. The fourth-order valence-corrected chi connectivity index (χ4v) is 6.63. The first-order valence-electron chi connectivity index (χ1n) is 12.0. The molecule has 4 aromatic rings. The molecule has 0 saturated heterocycles. The van der Waals surface area contributed by atoms with Gasteiger partial charge in [-0.3, -0.25) is 14.2 Å². The van der Waals surface area contributed by atoms with Crippen LogP contribution in [0.25, 0.3) is 10.9 Å². The molecule has 0 atom stereocenters. The Morgan fingerprint density at radius 3 is 2.18 bits per heavy atom. The smallest absolute Gasteiger partial charge is 0.338 e. The Bertz CT molecular complexity index is 1650. The summed E-state index contributed by atoms with van der Waals surface area (Å²) in [6.07, 6.45) is 4.09. The van der Waals surface area contributed by atoms with E-state index in [2.05, 4.69) is 11.4 Å². The number of aryl methyl sites for hydroxylation is 1. The van der Waals surface area contributed by atoms with E-state index in [1.54, 1.807) is 24.3 Å². The van der Waals surface area contributed by atoms with Crippen LogP contribution in [-0.4, -0.2) is 33.2 Å². The van der Waals surface area contributed by atoms with Crippen LogP contribution < -0.4 is 5.32 Å². The number of anilines is 1. The molecule has 0 fully saturated rings. The second-order valence-electron chi connectivity index (χ2n) is 8.96. The lowest BCUT2D eigenvalue weighted by Crippen LogP contribution is -2.18. The van der Waals surface area contributed by atoms with Crippen molar-refractivity contribution in [3.63, 3.8) is 0 Å². The van der Waals surface area contributed by atoms with Crippen molar-refractivity contribution in [2.45, 2.75) is 30.6 Å². The molecule has 5 rings (SSSR count). The highest BCUT2D eigenvalue weighted by atomic mass is 35.5. The molecule has 3 aromatic carbocycles. The number of thioether (sulfide) groups is 1. The number of carbonyl (C=O) groups is 3. The summed E-state index contributed by atoms with van der Waals surface area (Å²) in [5.74, 6) is -2.02. The Hall–Kier alpha value is -2.68. The van der Waals surface area contributed by atoms with Crippen LogP contribution in [0.15, 0.2) is 53.4 Å². The highest BCUT2D eigenvalue weighted by Gasteiger charge is 2.29. The predicted octanol–water partition coefficient (Wildman–Crippen LogP) is 8.52. The first kappa shape index (κ1) is 27.9. The van der Waals surface area contributed by atoms with Gasteiger partial charge in [0.25, 0.3) is 5.91 Å². The molecule has 11 heteroatoms. The van der Waals surface area contributed by atoms with Gasteiger partial charge in [0.05, 0.1) is 42.5 Å². The molecule has 0 unspecified atom stereocenters. The zero-order valence-electron chi connectivity index (χ0n) is 20.2. The van der Waals surface area contributed by atoms with E-state index in [9.17, 15) is 19.5 Å². The summed E-state index contributed by atoms with van der Waals surface area (Å²) in [4.78, 5) is 38.9. The first-order chi connectivity index (χ1) is 18.7. The maximum absolute atomic E-state index is 13.3. The summed E-state index contributed by atoms with van der Waals surface area (Å²) in [5.41, 5.74) is 2.80. The van der Waals surface area contributed by atoms with Gasteiger partial charge in [-0.05, 0) is 61.6 Å². The van der Waals surface area contributed by atoms with Crippen LogP contribution in [0.1, 0.15) is 49.6 Å². The van der Waals surface area contributed by atoms with Crippen LogP contribution in [0.2, 0.25) is 20.1 Å². The largest absolute Gasteiger partial charge is 0.478 e. The third-order valence-corrected chi connectivity index (χ3v) is 9.41. The van der Waals surface area contributed by atoms with Crippen LogP contribution >= 0.6 is 58.2 Å². The number of rotatable bonds is 6. The molecule has 2 N–H and O–H groups in total. The second-order valence-corrected chi connectivity index (χ2v) is 11.5. The molecular formula is C28H20Cl4N2O4S. The summed E-state index contributed by atoms with van der Waals surface area (Å²) in [7, 11) is 0. The van der Waals surface area contributed by atoms with Gasteiger partial charge in [0.1, 0.15) is 0 Å². The number of aromatic nitrogens is 1. The maximum atomic E-state index is 13.3. The molecule has 0 radical (unpaired) electrons. The number of carboxylic acids is 1. The summed E-state index contributed by atoms with van der Waals surface area (Å²) >= 11 is 25.6. The lowest BCUT2D eigenvalue weighted by atomic mass is 9.96. The van der Waals surface area contributed by atoms with Crippen LogP contribution in [0.3, 0.4) is 0 Å². The normalized spacial score (nSPS) is 12.8. The van der Waals surface area contributed by atoms with Gasteiger partial charge in [-0.15, -0.1) is 11.8 Å². The standard InChI is InChI=1S/C28H20Cl4N2O4S/c29-23-21(22(28(37)38)24(30)26(32)25(23)31)27(36)33-14-9-11-15(12-10-14)39-13-20(35)34-18-7-3-1-5-16(18)17-6-2-4-8-19(17)34/h1,3,5,7,9-12H,2,4,6,8,13H2,(H,33,36)(H,37,38). The number of halogens is 4. The Morgan fingerprint density at radius 2 is 1.49 bits per heavy atom.